The molecule has 3 rings (SSSR count). The normalized spacial score (nSPS) is 13.9. The number of alkyl carbamates (subject to hydrolysis) is 1. The summed E-state index contributed by atoms with van der Waals surface area (Å²) >= 11 is 0. The van der Waals surface area contributed by atoms with Gasteiger partial charge in [0.2, 0.25) is 0 Å². The summed E-state index contributed by atoms with van der Waals surface area (Å²) in [5.74, 6) is -0.895. The summed E-state index contributed by atoms with van der Waals surface area (Å²) in [7, 11) is 0. The Labute approximate surface area is 218 Å². The molecule has 0 radical (unpaired) electrons. The van der Waals surface area contributed by atoms with Gasteiger partial charge in [0.25, 0.3) is 0 Å². The van der Waals surface area contributed by atoms with Crippen molar-refractivity contribution in [2.75, 3.05) is 11.9 Å². The molecule has 0 spiro atoms. The van der Waals surface area contributed by atoms with Gasteiger partial charge in [0, 0.05) is 22.4 Å². The number of hydrogen-bond acceptors (Lipinski definition) is 7. The lowest BCUT2D eigenvalue weighted by atomic mass is 9.83. The molecule has 8 nitrogen and oxygen atoms in total. The van der Waals surface area contributed by atoms with E-state index in [1.54, 1.807) is 63.2 Å². The van der Waals surface area contributed by atoms with Crippen molar-refractivity contribution in [3.63, 3.8) is 0 Å². The Hall–Kier alpha value is -3.68. The summed E-state index contributed by atoms with van der Waals surface area (Å²) in [5.41, 5.74) is 0.379. The van der Waals surface area contributed by atoms with Gasteiger partial charge in [-0.3, -0.25) is 9.59 Å². The molecule has 0 fully saturated rings. The van der Waals surface area contributed by atoms with E-state index >= 15 is 0 Å². The number of carbonyl (C=O) groups excluding carboxylic acids is 4. The zero-order chi connectivity index (χ0) is 27.5. The third-order valence-electron chi connectivity index (χ3n) is 5.68. The first-order valence-electron chi connectivity index (χ1n) is 12.4. The van der Waals surface area contributed by atoms with Crippen LogP contribution in [-0.2, 0) is 14.3 Å². The molecule has 1 amide bonds. The second-order valence-corrected chi connectivity index (χ2v) is 11.4. The fourth-order valence-electron chi connectivity index (χ4n) is 4.14. The number of amides is 1. The van der Waals surface area contributed by atoms with Crippen LogP contribution in [0.3, 0.4) is 0 Å². The van der Waals surface area contributed by atoms with E-state index in [0.29, 0.717) is 34.4 Å². The maximum absolute atomic E-state index is 13.3. The minimum atomic E-state index is -0.870. The second-order valence-electron chi connectivity index (χ2n) is 11.4. The maximum atomic E-state index is 13.3. The first-order chi connectivity index (χ1) is 17.2. The number of esters is 1. The van der Waals surface area contributed by atoms with Crippen LogP contribution in [0.4, 0.5) is 10.5 Å². The molecule has 37 heavy (non-hydrogen) atoms. The van der Waals surface area contributed by atoms with Gasteiger partial charge < -0.3 is 20.1 Å². The van der Waals surface area contributed by atoms with Crippen LogP contribution in [0.1, 0.15) is 86.7 Å². The van der Waals surface area contributed by atoms with E-state index in [0.717, 1.165) is 0 Å². The molecule has 1 aliphatic carbocycles. The number of hydrogen-bond donors (Lipinski definition) is 2. The van der Waals surface area contributed by atoms with Crippen LogP contribution in [0.25, 0.3) is 0 Å². The van der Waals surface area contributed by atoms with Crippen LogP contribution >= 0.6 is 0 Å². The minimum absolute atomic E-state index is 0.0428. The fourth-order valence-corrected chi connectivity index (χ4v) is 4.14. The summed E-state index contributed by atoms with van der Waals surface area (Å²) < 4.78 is 10.9. The summed E-state index contributed by atoms with van der Waals surface area (Å²) in [4.78, 5) is 51.5. The first kappa shape index (κ1) is 27.9. The Morgan fingerprint density at radius 1 is 0.865 bits per heavy atom. The summed E-state index contributed by atoms with van der Waals surface area (Å²) in [5, 5.41) is 5.89. The number of rotatable bonds is 8. The van der Waals surface area contributed by atoms with E-state index in [1.807, 2.05) is 27.7 Å². The van der Waals surface area contributed by atoms with Crippen LogP contribution in [0, 0.1) is 5.92 Å². The SMILES string of the molecule is CC(C)C[C@H](NC(=O)OC(C)(C)C)C(=O)OCC(C)(C)Nc1cccc2c1C(=O)c1ccccc1C2=O. The molecule has 2 N–H and O–H groups in total. The molecule has 2 aromatic carbocycles. The lowest BCUT2D eigenvalue weighted by Crippen LogP contribution is -2.46. The molecule has 8 heteroatoms. The highest BCUT2D eigenvalue weighted by Crippen LogP contribution is 2.33. The van der Waals surface area contributed by atoms with Gasteiger partial charge in [0.15, 0.2) is 11.6 Å². The van der Waals surface area contributed by atoms with Crippen LogP contribution < -0.4 is 10.6 Å². The smallest absolute Gasteiger partial charge is 0.408 e. The van der Waals surface area contributed by atoms with E-state index in [2.05, 4.69) is 10.6 Å². The zero-order valence-electron chi connectivity index (χ0n) is 22.6. The highest BCUT2D eigenvalue weighted by molar-refractivity contribution is 6.30. The minimum Gasteiger partial charge on any atom is -0.462 e. The van der Waals surface area contributed by atoms with E-state index in [4.69, 9.17) is 9.47 Å². The molecule has 0 aromatic heterocycles. The number of anilines is 1. The predicted molar refractivity (Wildman–Crippen MR) is 141 cm³/mol. The van der Waals surface area contributed by atoms with Gasteiger partial charge in [-0.15, -0.1) is 0 Å². The van der Waals surface area contributed by atoms with Crippen molar-refractivity contribution in [1.29, 1.82) is 0 Å². The van der Waals surface area contributed by atoms with E-state index in [9.17, 15) is 19.2 Å². The number of benzene rings is 2. The molecule has 198 valence electrons. The van der Waals surface area contributed by atoms with Gasteiger partial charge in [-0.2, -0.15) is 0 Å². The van der Waals surface area contributed by atoms with Gasteiger partial charge in [0.05, 0.1) is 11.1 Å². The average Bonchev–Trinajstić information content (AvgIpc) is 2.79. The van der Waals surface area contributed by atoms with Crippen LogP contribution in [0.5, 0.6) is 0 Å². The molecule has 0 heterocycles. The third kappa shape index (κ3) is 6.96. The number of ketones is 2. The van der Waals surface area contributed by atoms with Crippen molar-refractivity contribution in [2.24, 2.45) is 5.92 Å². The molecule has 2 aromatic rings. The highest BCUT2D eigenvalue weighted by Gasteiger charge is 2.33. The van der Waals surface area contributed by atoms with Crippen molar-refractivity contribution < 1.29 is 28.7 Å². The first-order valence-corrected chi connectivity index (χ1v) is 12.4. The lowest BCUT2D eigenvalue weighted by molar-refractivity contribution is -0.147. The fraction of sp³-hybridized carbons (Fsp3) is 0.448. The van der Waals surface area contributed by atoms with Gasteiger partial charge in [-0.05, 0) is 53.0 Å². The van der Waals surface area contributed by atoms with Crippen LogP contribution in [-0.4, -0.2) is 47.4 Å². The second kappa shape index (κ2) is 10.7. The van der Waals surface area contributed by atoms with E-state index < -0.39 is 29.2 Å². The van der Waals surface area contributed by atoms with Crippen LogP contribution in [0.15, 0.2) is 42.5 Å². The predicted octanol–water partition coefficient (Wildman–Crippen LogP) is 5.14. The number of nitrogens with one attached hydrogen (secondary N) is 2. The lowest BCUT2D eigenvalue weighted by Gasteiger charge is -2.30. The van der Waals surface area contributed by atoms with Crippen molar-refractivity contribution in [2.45, 2.75) is 72.1 Å². The topological polar surface area (TPSA) is 111 Å². The van der Waals surface area contributed by atoms with Crippen LogP contribution in [0.2, 0.25) is 0 Å². The largest absolute Gasteiger partial charge is 0.462 e. The zero-order valence-corrected chi connectivity index (χ0v) is 22.6. The van der Waals surface area contributed by atoms with Crippen molar-refractivity contribution in [3.05, 3.63) is 64.7 Å². The summed E-state index contributed by atoms with van der Waals surface area (Å²) in [6, 6.07) is 11.0. The van der Waals surface area contributed by atoms with Gasteiger partial charge in [-0.1, -0.05) is 50.2 Å². The Morgan fingerprint density at radius 3 is 2.05 bits per heavy atom. The molecule has 0 bridgehead atoms. The number of carbonyl (C=O) groups is 4. The molecule has 0 saturated carbocycles. The van der Waals surface area contributed by atoms with Crippen molar-refractivity contribution >= 4 is 29.3 Å². The average molecular weight is 509 g/mol. The molecule has 1 atom stereocenters. The molecule has 0 saturated heterocycles. The molecule has 0 unspecified atom stereocenters. The Kier molecular flexibility index (Phi) is 8.10. The quantitative estimate of drug-likeness (QED) is 0.406. The molecule has 1 aliphatic rings. The molecular weight excluding hydrogens is 472 g/mol. The third-order valence-corrected chi connectivity index (χ3v) is 5.68. The Morgan fingerprint density at radius 2 is 1.46 bits per heavy atom. The van der Waals surface area contributed by atoms with Gasteiger partial charge >= 0.3 is 12.1 Å². The standard InChI is InChI=1S/C29H36N2O6/c1-17(2)15-22(30-27(35)37-28(3,4)5)26(34)36-16-29(6,7)31-21-14-10-13-20-23(21)25(33)19-12-9-8-11-18(19)24(20)32/h8-14,17,22,31H,15-16H2,1-7H3,(H,30,35)/t22-/m0/s1. The van der Waals surface area contributed by atoms with E-state index in [1.165, 1.54) is 0 Å². The maximum Gasteiger partial charge on any atom is 0.408 e. The van der Waals surface area contributed by atoms with Gasteiger partial charge in [-0.25, -0.2) is 9.59 Å². The van der Waals surface area contributed by atoms with Gasteiger partial charge in [0.1, 0.15) is 18.2 Å². The molecule has 0 aliphatic heterocycles. The number of fused-ring (bicyclic) bond motifs is 2. The van der Waals surface area contributed by atoms with E-state index in [-0.39, 0.29) is 24.1 Å². The Balaban J connectivity index is 1.74. The van der Waals surface area contributed by atoms with Crippen molar-refractivity contribution in [3.8, 4) is 0 Å². The number of ether oxygens (including phenoxy) is 2. The monoisotopic (exact) mass is 508 g/mol. The Bertz CT molecular complexity index is 1210. The summed E-state index contributed by atoms with van der Waals surface area (Å²) in [6.45, 7) is 12.7. The molecular formula is C29H36N2O6. The van der Waals surface area contributed by atoms with Crippen molar-refractivity contribution in [1.82, 2.24) is 5.32 Å². The highest BCUT2D eigenvalue weighted by atomic mass is 16.6. The summed E-state index contributed by atoms with van der Waals surface area (Å²) in [6.07, 6.45) is -0.305.